The van der Waals surface area contributed by atoms with Gasteiger partial charge in [0.2, 0.25) is 0 Å². The molecule has 0 saturated carbocycles. The van der Waals surface area contributed by atoms with Crippen LogP contribution in [0.2, 0.25) is 0 Å². The number of carbonyl (C=O) groups excluding carboxylic acids is 3. The van der Waals surface area contributed by atoms with E-state index in [-0.39, 0.29) is 30.9 Å². The van der Waals surface area contributed by atoms with Gasteiger partial charge in [-0.15, -0.1) is 0 Å². The number of carbonyl (C=O) groups is 3. The third-order valence-corrected chi connectivity index (χ3v) is 4.33. The second-order valence-electron chi connectivity index (χ2n) is 7.71. The number of piperazine rings is 1. The summed E-state index contributed by atoms with van der Waals surface area (Å²) < 4.78 is 10.7. The molecule has 1 aromatic rings. The number of benzene rings is 1. The standard InChI is InChI=1S/C19H25N3O5/c1-19(2,3)27-18(25)22-8-6-21(7-9-22)11-15(23)13-4-5-16-14(10-13)20-17(24)12-26-16/h4-5,10H,6-9,11-12H2,1-3H3,(H,20,24). The first kappa shape index (κ1) is 19.2. The summed E-state index contributed by atoms with van der Waals surface area (Å²) in [6.45, 7) is 8.03. The highest BCUT2D eigenvalue weighted by Crippen LogP contribution is 2.28. The van der Waals surface area contributed by atoms with Gasteiger partial charge < -0.3 is 19.7 Å². The Hall–Kier alpha value is -2.61. The Bertz CT molecular complexity index is 748. The Morgan fingerprint density at radius 2 is 1.89 bits per heavy atom. The molecule has 0 aromatic heterocycles. The van der Waals surface area contributed by atoms with Crippen LogP contribution in [0.5, 0.6) is 5.75 Å². The predicted molar refractivity (Wildman–Crippen MR) is 99.1 cm³/mol. The maximum absolute atomic E-state index is 12.6. The van der Waals surface area contributed by atoms with Crippen LogP contribution in [-0.2, 0) is 9.53 Å². The van der Waals surface area contributed by atoms with Crippen molar-refractivity contribution in [3.63, 3.8) is 0 Å². The molecule has 0 atom stereocenters. The third-order valence-electron chi connectivity index (χ3n) is 4.33. The third kappa shape index (κ3) is 4.97. The van der Waals surface area contributed by atoms with Crippen molar-refractivity contribution in [3.05, 3.63) is 23.8 Å². The van der Waals surface area contributed by atoms with Crippen LogP contribution < -0.4 is 10.1 Å². The number of amides is 2. The molecule has 1 N–H and O–H groups in total. The van der Waals surface area contributed by atoms with Gasteiger partial charge in [-0.25, -0.2) is 4.79 Å². The van der Waals surface area contributed by atoms with E-state index in [2.05, 4.69) is 5.32 Å². The lowest BCUT2D eigenvalue weighted by atomic mass is 10.1. The quantitative estimate of drug-likeness (QED) is 0.810. The highest BCUT2D eigenvalue weighted by atomic mass is 16.6. The molecule has 0 aliphatic carbocycles. The minimum absolute atomic E-state index is 0.0117. The Morgan fingerprint density at radius 1 is 1.19 bits per heavy atom. The summed E-state index contributed by atoms with van der Waals surface area (Å²) in [6.07, 6.45) is -0.320. The number of ether oxygens (including phenoxy) is 2. The number of hydrogen-bond acceptors (Lipinski definition) is 6. The number of hydrogen-bond donors (Lipinski definition) is 1. The van der Waals surface area contributed by atoms with E-state index in [0.717, 1.165) is 0 Å². The fourth-order valence-electron chi connectivity index (χ4n) is 2.97. The van der Waals surface area contributed by atoms with Crippen LogP contribution in [0.3, 0.4) is 0 Å². The Balaban J connectivity index is 1.53. The summed E-state index contributed by atoms with van der Waals surface area (Å²) in [4.78, 5) is 39.8. The van der Waals surface area contributed by atoms with Crippen LogP contribution in [0, 0.1) is 0 Å². The highest BCUT2D eigenvalue weighted by Gasteiger charge is 2.27. The Kier molecular flexibility index (Phi) is 5.36. The van der Waals surface area contributed by atoms with Gasteiger partial charge in [0, 0.05) is 31.7 Å². The van der Waals surface area contributed by atoms with Crippen molar-refractivity contribution in [3.8, 4) is 5.75 Å². The second kappa shape index (κ2) is 7.56. The van der Waals surface area contributed by atoms with Gasteiger partial charge in [-0.1, -0.05) is 0 Å². The smallest absolute Gasteiger partial charge is 0.410 e. The fraction of sp³-hybridized carbons (Fsp3) is 0.526. The zero-order chi connectivity index (χ0) is 19.6. The minimum Gasteiger partial charge on any atom is -0.482 e. The van der Waals surface area contributed by atoms with Crippen LogP contribution in [0.1, 0.15) is 31.1 Å². The van der Waals surface area contributed by atoms with Crippen LogP contribution >= 0.6 is 0 Å². The van der Waals surface area contributed by atoms with Crippen molar-refractivity contribution in [1.29, 1.82) is 0 Å². The molecular formula is C19H25N3O5. The molecule has 3 rings (SSSR count). The van der Waals surface area contributed by atoms with Crippen molar-refractivity contribution >= 4 is 23.5 Å². The highest BCUT2D eigenvalue weighted by molar-refractivity contribution is 6.01. The number of rotatable bonds is 3. The minimum atomic E-state index is -0.518. The topological polar surface area (TPSA) is 88.2 Å². The van der Waals surface area contributed by atoms with E-state index in [1.54, 1.807) is 23.1 Å². The van der Waals surface area contributed by atoms with E-state index in [9.17, 15) is 14.4 Å². The second-order valence-corrected chi connectivity index (χ2v) is 7.71. The first-order valence-electron chi connectivity index (χ1n) is 9.01. The number of Topliss-reactive ketones (excluding diaryl/α,β-unsaturated/α-hetero) is 1. The molecule has 0 spiro atoms. The van der Waals surface area contributed by atoms with Crippen molar-refractivity contribution in [2.45, 2.75) is 26.4 Å². The molecule has 2 aliphatic heterocycles. The summed E-state index contributed by atoms with van der Waals surface area (Å²) in [7, 11) is 0. The van der Waals surface area contributed by atoms with Crippen molar-refractivity contribution in [2.75, 3.05) is 44.6 Å². The molecule has 0 bridgehead atoms. The lowest BCUT2D eigenvalue weighted by Crippen LogP contribution is -2.51. The van der Waals surface area contributed by atoms with Gasteiger partial charge in [0.25, 0.3) is 5.91 Å². The predicted octanol–water partition coefficient (Wildman–Crippen LogP) is 1.75. The van der Waals surface area contributed by atoms with E-state index < -0.39 is 5.60 Å². The molecule has 0 unspecified atom stereocenters. The monoisotopic (exact) mass is 375 g/mol. The molecule has 2 aliphatic rings. The molecule has 1 saturated heterocycles. The molecule has 1 fully saturated rings. The summed E-state index contributed by atoms with van der Waals surface area (Å²) in [5.41, 5.74) is 0.524. The van der Waals surface area contributed by atoms with Crippen LogP contribution in [-0.4, -0.2) is 72.5 Å². The van der Waals surface area contributed by atoms with E-state index in [1.165, 1.54) is 0 Å². The van der Waals surface area contributed by atoms with Gasteiger partial charge in [-0.3, -0.25) is 14.5 Å². The van der Waals surface area contributed by atoms with Crippen molar-refractivity contribution in [1.82, 2.24) is 9.80 Å². The largest absolute Gasteiger partial charge is 0.482 e. The van der Waals surface area contributed by atoms with Crippen molar-refractivity contribution in [2.24, 2.45) is 0 Å². The first-order valence-corrected chi connectivity index (χ1v) is 9.01. The molecular weight excluding hydrogens is 350 g/mol. The fourth-order valence-corrected chi connectivity index (χ4v) is 2.97. The lowest BCUT2D eigenvalue weighted by molar-refractivity contribution is -0.118. The zero-order valence-corrected chi connectivity index (χ0v) is 15.9. The van der Waals surface area contributed by atoms with E-state index in [4.69, 9.17) is 9.47 Å². The molecule has 2 heterocycles. The molecule has 8 nitrogen and oxygen atoms in total. The van der Waals surface area contributed by atoms with Crippen molar-refractivity contribution < 1.29 is 23.9 Å². The molecule has 8 heteroatoms. The molecule has 1 aromatic carbocycles. The number of anilines is 1. The van der Waals surface area contributed by atoms with Gasteiger partial charge >= 0.3 is 6.09 Å². The molecule has 146 valence electrons. The molecule has 2 amide bonds. The normalized spacial score (nSPS) is 17.6. The molecule has 0 radical (unpaired) electrons. The van der Waals surface area contributed by atoms with Gasteiger partial charge in [0.15, 0.2) is 12.4 Å². The zero-order valence-electron chi connectivity index (χ0n) is 15.9. The van der Waals surface area contributed by atoms with Crippen LogP contribution in [0.15, 0.2) is 18.2 Å². The van der Waals surface area contributed by atoms with Gasteiger partial charge in [0.05, 0.1) is 12.2 Å². The van der Waals surface area contributed by atoms with Gasteiger partial charge in [-0.05, 0) is 39.0 Å². The first-order chi connectivity index (χ1) is 12.7. The maximum atomic E-state index is 12.6. The Labute approximate surface area is 158 Å². The van der Waals surface area contributed by atoms with Gasteiger partial charge in [0.1, 0.15) is 11.4 Å². The number of nitrogens with zero attached hydrogens (tertiary/aromatic N) is 2. The maximum Gasteiger partial charge on any atom is 0.410 e. The van der Waals surface area contributed by atoms with Crippen LogP contribution in [0.25, 0.3) is 0 Å². The SMILES string of the molecule is CC(C)(C)OC(=O)N1CCN(CC(=O)c2ccc3c(c2)NC(=O)CO3)CC1. The summed E-state index contributed by atoms with van der Waals surface area (Å²) in [6, 6.07) is 5.05. The average molecular weight is 375 g/mol. The number of nitrogens with one attached hydrogen (secondary N) is 1. The number of fused-ring (bicyclic) bond motifs is 1. The summed E-state index contributed by atoms with van der Waals surface area (Å²) >= 11 is 0. The van der Waals surface area contributed by atoms with Gasteiger partial charge in [-0.2, -0.15) is 0 Å². The summed E-state index contributed by atoms with van der Waals surface area (Å²) in [5.74, 6) is 0.297. The average Bonchev–Trinajstić information content (AvgIpc) is 2.60. The van der Waals surface area contributed by atoms with E-state index >= 15 is 0 Å². The van der Waals surface area contributed by atoms with Crippen LogP contribution in [0.4, 0.5) is 10.5 Å². The summed E-state index contributed by atoms with van der Waals surface area (Å²) in [5, 5.41) is 2.71. The Morgan fingerprint density at radius 3 is 2.56 bits per heavy atom. The van der Waals surface area contributed by atoms with E-state index in [1.807, 2.05) is 25.7 Å². The van der Waals surface area contributed by atoms with E-state index in [0.29, 0.717) is 43.2 Å². The lowest BCUT2D eigenvalue weighted by Gasteiger charge is -2.35. The number of ketones is 1. The molecule has 27 heavy (non-hydrogen) atoms.